The van der Waals surface area contributed by atoms with Gasteiger partial charge >= 0.3 is 11.7 Å². The van der Waals surface area contributed by atoms with Gasteiger partial charge in [-0.3, -0.25) is 0 Å². The molecule has 2 rings (SSSR count). The molecular formula is C11H14N4O2. The van der Waals surface area contributed by atoms with Gasteiger partial charge in [0.25, 0.3) is 0 Å². The van der Waals surface area contributed by atoms with Crippen molar-refractivity contribution in [2.24, 2.45) is 0 Å². The molecule has 0 spiro atoms. The van der Waals surface area contributed by atoms with Gasteiger partial charge in [0.15, 0.2) is 0 Å². The summed E-state index contributed by atoms with van der Waals surface area (Å²) in [5.74, 6) is 0. The van der Waals surface area contributed by atoms with E-state index in [1.54, 1.807) is 19.0 Å². The SMILES string of the molecule is CNC(=O)N(C)Cc1ccc2[nH]c(=O)[nH]c2c1. The van der Waals surface area contributed by atoms with Crippen LogP contribution in [-0.2, 0) is 6.54 Å². The van der Waals surface area contributed by atoms with Crippen molar-refractivity contribution in [2.45, 2.75) is 6.54 Å². The van der Waals surface area contributed by atoms with Gasteiger partial charge in [-0.15, -0.1) is 0 Å². The number of imidazole rings is 1. The fourth-order valence-electron chi connectivity index (χ4n) is 1.71. The predicted molar refractivity (Wildman–Crippen MR) is 64.8 cm³/mol. The fraction of sp³-hybridized carbons (Fsp3) is 0.273. The van der Waals surface area contributed by atoms with Crippen LogP contribution in [0.1, 0.15) is 5.56 Å². The Kier molecular flexibility index (Phi) is 2.86. The summed E-state index contributed by atoms with van der Waals surface area (Å²) in [7, 11) is 3.30. The molecule has 0 bridgehead atoms. The van der Waals surface area contributed by atoms with E-state index in [-0.39, 0.29) is 11.7 Å². The number of fused-ring (bicyclic) bond motifs is 1. The maximum atomic E-state index is 11.3. The van der Waals surface area contributed by atoms with E-state index in [0.29, 0.717) is 6.54 Å². The molecule has 1 heterocycles. The highest BCUT2D eigenvalue weighted by molar-refractivity contribution is 5.76. The molecule has 6 nitrogen and oxygen atoms in total. The normalized spacial score (nSPS) is 10.5. The Morgan fingerprint density at radius 2 is 2.06 bits per heavy atom. The standard InChI is InChI=1S/C11H14N4O2/c1-12-11(17)15(2)6-7-3-4-8-9(5-7)14-10(16)13-8/h3-5H,6H2,1-2H3,(H,12,17)(H2,13,14,16). The number of urea groups is 1. The summed E-state index contributed by atoms with van der Waals surface area (Å²) in [6.45, 7) is 0.489. The molecule has 0 unspecified atom stereocenters. The molecule has 1 aromatic heterocycles. The minimum absolute atomic E-state index is 0.146. The molecule has 0 aliphatic heterocycles. The van der Waals surface area contributed by atoms with E-state index < -0.39 is 0 Å². The highest BCUT2D eigenvalue weighted by atomic mass is 16.2. The lowest BCUT2D eigenvalue weighted by Gasteiger charge is -2.16. The maximum absolute atomic E-state index is 11.3. The number of hydrogen-bond donors (Lipinski definition) is 3. The van der Waals surface area contributed by atoms with Crippen molar-refractivity contribution in [1.82, 2.24) is 20.2 Å². The predicted octanol–water partition coefficient (Wildman–Crippen LogP) is 0.627. The van der Waals surface area contributed by atoms with Crippen molar-refractivity contribution in [3.63, 3.8) is 0 Å². The van der Waals surface area contributed by atoms with Crippen LogP contribution in [0.5, 0.6) is 0 Å². The zero-order valence-electron chi connectivity index (χ0n) is 9.70. The minimum Gasteiger partial charge on any atom is -0.341 e. The van der Waals surface area contributed by atoms with Crippen LogP contribution < -0.4 is 11.0 Å². The average Bonchev–Trinajstić information content (AvgIpc) is 2.67. The van der Waals surface area contributed by atoms with Crippen LogP contribution in [0.15, 0.2) is 23.0 Å². The van der Waals surface area contributed by atoms with Crippen LogP contribution >= 0.6 is 0 Å². The van der Waals surface area contributed by atoms with E-state index in [0.717, 1.165) is 16.6 Å². The van der Waals surface area contributed by atoms with Crippen molar-refractivity contribution in [3.05, 3.63) is 34.2 Å². The Hall–Kier alpha value is -2.24. The highest BCUT2D eigenvalue weighted by Crippen LogP contribution is 2.11. The largest absolute Gasteiger partial charge is 0.341 e. The number of hydrogen-bond acceptors (Lipinski definition) is 2. The van der Waals surface area contributed by atoms with Gasteiger partial charge in [0.1, 0.15) is 0 Å². The second kappa shape index (κ2) is 4.32. The first-order chi connectivity index (χ1) is 8.10. The van der Waals surface area contributed by atoms with E-state index >= 15 is 0 Å². The number of H-pyrrole nitrogens is 2. The Labute approximate surface area is 97.6 Å². The van der Waals surface area contributed by atoms with Crippen molar-refractivity contribution < 1.29 is 4.79 Å². The third kappa shape index (κ3) is 2.30. The summed E-state index contributed by atoms with van der Waals surface area (Å²) in [5.41, 5.74) is 2.25. The smallest absolute Gasteiger partial charge is 0.323 e. The Balaban J connectivity index is 2.24. The lowest BCUT2D eigenvalue weighted by Crippen LogP contribution is -2.34. The first kappa shape index (κ1) is 11.3. The van der Waals surface area contributed by atoms with Crippen LogP contribution in [0.2, 0.25) is 0 Å². The molecule has 2 aromatic rings. The molecule has 0 aliphatic rings. The van der Waals surface area contributed by atoms with Gasteiger partial charge in [0.05, 0.1) is 11.0 Å². The molecule has 0 atom stereocenters. The molecule has 0 saturated carbocycles. The Morgan fingerprint density at radius 1 is 1.35 bits per heavy atom. The molecule has 0 aliphatic carbocycles. The van der Waals surface area contributed by atoms with Crippen LogP contribution in [0.4, 0.5) is 4.79 Å². The van der Waals surface area contributed by atoms with Gasteiger partial charge in [-0.1, -0.05) is 6.07 Å². The summed E-state index contributed by atoms with van der Waals surface area (Å²) in [6.07, 6.45) is 0. The van der Waals surface area contributed by atoms with Crippen LogP contribution in [0.25, 0.3) is 11.0 Å². The maximum Gasteiger partial charge on any atom is 0.323 e. The molecule has 2 amide bonds. The number of aromatic nitrogens is 2. The number of nitrogens with zero attached hydrogens (tertiary/aromatic N) is 1. The third-order valence-corrected chi connectivity index (χ3v) is 2.56. The Morgan fingerprint density at radius 3 is 2.76 bits per heavy atom. The number of rotatable bonds is 2. The zero-order valence-corrected chi connectivity index (χ0v) is 9.70. The molecular weight excluding hydrogens is 220 g/mol. The molecule has 90 valence electrons. The van der Waals surface area contributed by atoms with E-state index in [4.69, 9.17) is 0 Å². The molecule has 0 radical (unpaired) electrons. The minimum atomic E-state index is -0.225. The van der Waals surface area contributed by atoms with Crippen LogP contribution in [0, 0.1) is 0 Å². The van der Waals surface area contributed by atoms with Gasteiger partial charge < -0.3 is 20.2 Å². The van der Waals surface area contributed by atoms with Crippen LogP contribution in [0.3, 0.4) is 0 Å². The zero-order chi connectivity index (χ0) is 12.4. The summed E-state index contributed by atoms with van der Waals surface area (Å²) < 4.78 is 0. The number of benzene rings is 1. The lowest BCUT2D eigenvalue weighted by atomic mass is 10.2. The first-order valence-electron chi connectivity index (χ1n) is 5.24. The van der Waals surface area contributed by atoms with Gasteiger partial charge in [0, 0.05) is 20.6 Å². The van der Waals surface area contributed by atoms with Gasteiger partial charge in [0.2, 0.25) is 0 Å². The summed E-state index contributed by atoms with van der Waals surface area (Å²) in [6, 6.07) is 5.41. The van der Waals surface area contributed by atoms with Crippen molar-refractivity contribution in [2.75, 3.05) is 14.1 Å². The second-order valence-electron chi connectivity index (χ2n) is 3.87. The van der Waals surface area contributed by atoms with E-state index in [1.165, 1.54) is 0 Å². The number of carbonyl (C=O) groups is 1. The third-order valence-electron chi connectivity index (χ3n) is 2.56. The Bertz CT molecular complexity index is 599. The molecule has 17 heavy (non-hydrogen) atoms. The first-order valence-corrected chi connectivity index (χ1v) is 5.24. The van der Waals surface area contributed by atoms with Gasteiger partial charge in [-0.05, 0) is 17.7 Å². The average molecular weight is 234 g/mol. The molecule has 1 aromatic carbocycles. The fourth-order valence-corrected chi connectivity index (χ4v) is 1.71. The topological polar surface area (TPSA) is 81.0 Å². The van der Waals surface area contributed by atoms with Crippen LogP contribution in [-0.4, -0.2) is 35.0 Å². The number of carbonyl (C=O) groups excluding carboxylic acids is 1. The van der Waals surface area contributed by atoms with Crippen molar-refractivity contribution in [3.8, 4) is 0 Å². The highest BCUT2D eigenvalue weighted by Gasteiger charge is 2.07. The number of aromatic amines is 2. The van der Waals surface area contributed by atoms with E-state index in [1.807, 2.05) is 18.2 Å². The van der Waals surface area contributed by atoms with Crippen molar-refractivity contribution in [1.29, 1.82) is 0 Å². The lowest BCUT2D eigenvalue weighted by molar-refractivity contribution is 0.209. The second-order valence-corrected chi connectivity index (χ2v) is 3.87. The monoisotopic (exact) mass is 234 g/mol. The number of nitrogens with one attached hydrogen (secondary N) is 3. The molecule has 0 fully saturated rings. The summed E-state index contributed by atoms with van der Waals surface area (Å²) in [5, 5.41) is 2.55. The molecule has 6 heteroatoms. The summed E-state index contributed by atoms with van der Waals surface area (Å²) >= 11 is 0. The molecule has 0 saturated heterocycles. The van der Waals surface area contributed by atoms with Gasteiger partial charge in [-0.25, -0.2) is 9.59 Å². The number of amides is 2. The van der Waals surface area contributed by atoms with E-state index in [2.05, 4.69) is 15.3 Å². The van der Waals surface area contributed by atoms with Gasteiger partial charge in [-0.2, -0.15) is 0 Å². The molecule has 3 N–H and O–H groups in total. The van der Waals surface area contributed by atoms with E-state index in [9.17, 15) is 9.59 Å². The summed E-state index contributed by atoms with van der Waals surface area (Å²) in [4.78, 5) is 29.3. The van der Waals surface area contributed by atoms with Crippen molar-refractivity contribution >= 4 is 17.1 Å². The quantitative estimate of drug-likeness (QED) is 0.712.